The molecule has 1 saturated carbocycles. The van der Waals surface area contributed by atoms with Gasteiger partial charge in [0.25, 0.3) is 11.6 Å². The maximum atomic E-state index is 13.1. The van der Waals surface area contributed by atoms with Crippen LogP contribution in [0.3, 0.4) is 0 Å². The number of carbonyl (C=O) groups is 1. The zero-order valence-electron chi connectivity index (χ0n) is 15.8. The molecule has 26 heavy (non-hydrogen) atoms. The maximum Gasteiger partial charge on any atom is 0.259 e. The molecular weight excluding hydrogens is 330 g/mol. The van der Waals surface area contributed by atoms with E-state index in [0.717, 1.165) is 35.5 Å². The molecule has 0 aliphatic heterocycles. The number of aromatic nitrogens is 4. The summed E-state index contributed by atoms with van der Waals surface area (Å²) in [6.45, 7) is 7.79. The van der Waals surface area contributed by atoms with Crippen LogP contribution in [0.1, 0.15) is 70.4 Å². The monoisotopic (exact) mass is 353 g/mol. The lowest BCUT2D eigenvalue weighted by atomic mass is 10.0. The molecule has 3 aromatic heterocycles. The van der Waals surface area contributed by atoms with Crippen LogP contribution in [0.4, 0.5) is 0 Å². The molecule has 1 atom stereocenters. The smallest absolute Gasteiger partial charge is 0.259 e. The van der Waals surface area contributed by atoms with Gasteiger partial charge in [0.2, 0.25) is 0 Å². The molecule has 1 N–H and O–H groups in total. The number of amides is 1. The average Bonchev–Trinajstić information content (AvgIpc) is 3.32. The van der Waals surface area contributed by atoms with E-state index in [4.69, 9.17) is 4.52 Å². The number of nitrogens with zero attached hydrogens (tertiary/aromatic N) is 4. The van der Waals surface area contributed by atoms with Crippen molar-refractivity contribution >= 4 is 17.0 Å². The fraction of sp³-hybridized carbons (Fsp3) is 0.474. The molecule has 0 saturated heterocycles. The number of hydrogen-bond donors (Lipinski definition) is 1. The molecule has 4 rings (SSSR count). The van der Waals surface area contributed by atoms with Gasteiger partial charge in [0.15, 0.2) is 0 Å². The van der Waals surface area contributed by atoms with Crippen LogP contribution >= 0.6 is 0 Å². The number of nitrogens with one attached hydrogen (secondary N) is 1. The first-order chi connectivity index (χ1) is 12.4. The first-order valence-electron chi connectivity index (χ1n) is 8.94. The normalized spacial score (nSPS) is 15.4. The summed E-state index contributed by atoms with van der Waals surface area (Å²) in [6, 6.07) is 1.75. The van der Waals surface area contributed by atoms with Gasteiger partial charge < -0.3 is 9.84 Å². The molecule has 0 bridgehead atoms. The Labute approximate surface area is 151 Å². The average molecular weight is 353 g/mol. The third-order valence-corrected chi connectivity index (χ3v) is 5.22. The minimum absolute atomic E-state index is 0.138. The van der Waals surface area contributed by atoms with Crippen molar-refractivity contribution in [2.45, 2.75) is 52.5 Å². The molecular formula is C19H23N5O2. The summed E-state index contributed by atoms with van der Waals surface area (Å²) in [4.78, 5) is 17.6. The van der Waals surface area contributed by atoms with Crippen molar-refractivity contribution in [3.63, 3.8) is 0 Å². The summed E-state index contributed by atoms with van der Waals surface area (Å²) in [5.41, 5.74) is 5.66. The van der Waals surface area contributed by atoms with E-state index in [9.17, 15) is 4.79 Å². The fourth-order valence-electron chi connectivity index (χ4n) is 3.64. The van der Waals surface area contributed by atoms with Crippen LogP contribution in [0, 0.1) is 20.8 Å². The molecule has 1 amide bonds. The van der Waals surface area contributed by atoms with Crippen LogP contribution in [0.15, 0.2) is 10.6 Å². The van der Waals surface area contributed by atoms with Gasteiger partial charge in [-0.3, -0.25) is 9.48 Å². The van der Waals surface area contributed by atoms with Gasteiger partial charge in [-0.2, -0.15) is 5.10 Å². The van der Waals surface area contributed by atoms with E-state index in [1.165, 1.54) is 0 Å². The third-order valence-electron chi connectivity index (χ3n) is 5.22. The predicted molar refractivity (Wildman–Crippen MR) is 97.1 cm³/mol. The fourth-order valence-corrected chi connectivity index (χ4v) is 3.64. The van der Waals surface area contributed by atoms with Crippen molar-refractivity contribution in [1.29, 1.82) is 0 Å². The quantitative estimate of drug-likeness (QED) is 0.778. The van der Waals surface area contributed by atoms with Crippen LogP contribution in [-0.4, -0.2) is 25.8 Å². The molecule has 7 nitrogen and oxygen atoms in total. The van der Waals surface area contributed by atoms with Crippen LogP contribution in [-0.2, 0) is 7.05 Å². The van der Waals surface area contributed by atoms with E-state index < -0.39 is 0 Å². The summed E-state index contributed by atoms with van der Waals surface area (Å²) in [5.74, 6) is 0.289. The van der Waals surface area contributed by atoms with Gasteiger partial charge in [-0.15, -0.1) is 0 Å². The number of fused-ring (bicyclic) bond motifs is 1. The minimum Gasteiger partial charge on any atom is -0.345 e. The Morgan fingerprint density at radius 1 is 1.31 bits per heavy atom. The molecule has 1 aliphatic carbocycles. The Bertz CT molecular complexity index is 1010. The molecule has 0 radical (unpaired) electrons. The van der Waals surface area contributed by atoms with Crippen molar-refractivity contribution in [3.8, 4) is 0 Å². The van der Waals surface area contributed by atoms with E-state index in [-0.39, 0.29) is 11.9 Å². The highest BCUT2D eigenvalue weighted by Crippen LogP contribution is 2.40. The second kappa shape index (κ2) is 5.93. The first kappa shape index (κ1) is 16.8. The predicted octanol–water partition coefficient (Wildman–Crippen LogP) is 3.25. The molecule has 3 aromatic rings. The highest BCUT2D eigenvalue weighted by Gasteiger charge is 2.29. The zero-order chi connectivity index (χ0) is 18.6. The van der Waals surface area contributed by atoms with Crippen LogP contribution in [0.2, 0.25) is 0 Å². The lowest BCUT2D eigenvalue weighted by molar-refractivity contribution is 0.0941. The van der Waals surface area contributed by atoms with E-state index in [0.29, 0.717) is 28.3 Å². The summed E-state index contributed by atoms with van der Waals surface area (Å²) in [5, 5.41) is 12.2. The Kier molecular flexibility index (Phi) is 3.82. The first-order valence-corrected chi connectivity index (χ1v) is 8.94. The second-order valence-electron chi connectivity index (χ2n) is 7.22. The molecule has 1 aliphatic rings. The molecule has 136 valence electrons. The molecule has 0 aromatic carbocycles. The Morgan fingerprint density at radius 3 is 2.65 bits per heavy atom. The largest absolute Gasteiger partial charge is 0.345 e. The number of hydrogen-bond acceptors (Lipinski definition) is 5. The van der Waals surface area contributed by atoms with Crippen molar-refractivity contribution in [1.82, 2.24) is 25.2 Å². The van der Waals surface area contributed by atoms with Crippen molar-refractivity contribution < 1.29 is 9.32 Å². The van der Waals surface area contributed by atoms with Crippen molar-refractivity contribution in [2.24, 2.45) is 7.05 Å². The van der Waals surface area contributed by atoms with Gasteiger partial charge in [-0.1, -0.05) is 5.16 Å². The van der Waals surface area contributed by atoms with E-state index in [2.05, 4.69) is 20.6 Å². The molecule has 0 spiro atoms. The topological polar surface area (TPSA) is 85.8 Å². The lowest BCUT2D eigenvalue weighted by Crippen LogP contribution is -2.27. The second-order valence-corrected chi connectivity index (χ2v) is 7.22. The summed E-state index contributed by atoms with van der Waals surface area (Å²) >= 11 is 0. The maximum absolute atomic E-state index is 13.1. The highest BCUT2D eigenvalue weighted by atomic mass is 16.5. The van der Waals surface area contributed by atoms with E-state index in [1.54, 1.807) is 0 Å². The SMILES string of the molecule is Cc1nn(C)c(C)c1C(C)NC(=O)c1cc(C2CC2)nc2onc(C)c12. The third kappa shape index (κ3) is 2.67. The lowest BCUT2D eigenvalue weighted by Gasteiger charge is -2.15. The van der Waals surface area contributed by atoms with Gasteiger partial charge in [0.1, 0.15) is 0 Å². The Balaban J connectivity index is 1.70. The molecule has 1 fully saturated rings. The van der Waals surface area contributed by atoms with Crippen LogP contribution < -0.4 is 5.32 Å². The van der Waals surface area contributed by atoms with Crippen LogP contribution in [0.5, 0.6) is 0 Å². The standard InChI is InChI=1S/C19H23N5O2/c1-9(16-10(2)22-24(5)12(16)4)20-18(25)14-8-15(13-6-7-13)21-19-17(14)11(3)23-26-19/h8-9,13H,6-7H2,1-5H3,(H,20,25). The molecule has 7 heteroatoms. The number of pyridine rings is 1. The van der Waals surface area contributed by atoms with Gasteiger partial charge in [0.05, 0.1) is 28.4 Å². The van der Waals surface area contributed by atoms with Gasteiger partial charge in [-0.25, -0.2) is 4.98 Å². The van der Waals surface area contributed by atoms with Gasteiger partial charge in [-0.05, 0) is 46.6 Å². The number of aryl methyl sites for hydroxylation is 3. The minimum atomic E-state index is -0.149. The van der Waals surface area contributed by atoms with Crippen LogP contribution in [0.25, 0.3) is 11.1 Å². The zero-order valence-corrected chi connectivity index (χ0v) is 15.8. The summed E-state index contributed by atoms with van der Waals surface area (Å²) in [6.07, 6.45) is 2.22. The Hall–Kier alpha value is -2.70. The number of rotatable bonds is 4. The van der Waals surface area contributed by atoms with E-state index in [1.807, 2.05) is 45.5 Å². The summed E-state index contributed by atoms with van der Waals surface area (Å²) < 4.78 is 7.18. The molecule has 3 heterocycles. The van der Waals surface area contributed by atoms with Gasteiger partial charge in [0, 0.05) is 29.9 Å². The summed E-state index contributed by atoms with van der Waals surface area (Å²) in [7, 11) is 1.91. The van der Waals surface area contributed by atoms with Crippen molar-refractivity contribution in [2.75, 3.05) is 0 Å². The van der Waals surface area contributed by atoms with E-state index >= 15 is 0 Å². The van der Waals surface area contributed by atoms with Gasteiger partial charge >= 0.3 is 0 Å². The van der Waals surface area contributed by atoms with Crippen molar-refractivity contribution in [3.05, 3.63) is 40.0 Å². The number of carbonyl (C=O) groups excluding carboxylic acids is 1. The molecule has 1 unspecified atom stereocenters. The highest BCUT2D eigenvalue weighted by molar-refractivity contribution is 6.06. The Morgan fingerprint density at radius 2 is 2.04 bits per heavy atom.